The van der Waals surface area contributed by atoms with E-state index in [9.17, 15) is 4.79 Å². The fourth-order valence-electron chi connectivity index (χ4n) is 2.29. The maximum absolute atomic E-state index is 12.5. The summed E-state index contributed by atoms with van der Waals surface area (Å²) in [5, 5.41) is 7.91. The molecule has 2 atom stereocenters. The Bertz CT molecular complexity index is 577. The molecule has 2 aromatic rings. The van der Waals surface area contributed by atoms with Gasteiger partial charge in [-0.25, -0.2) is 4.68 Å². The summed E-state index contributed by atoms with van der Waals surface area (Å²) >= 11 is 0. The molecule has 2 rings (SSSR count). The smallest absolute Gasteiger partial charge is 0.185 e. The van der Waals surface area contributed by atoms with E-state index in [1.807, 2.05) is 44.2 Å². The minimum Gasteiger partial charge on any atom is -0.328 e. The van der Waals surface area contributed by atoms with Gasteiger partial charge in [0, 0.05) is 12.0 Å². The average Bonchev–Trinajstić information content (AvgIpc) is 2.96. The molecule has 0 fully saturated rings. The quantitative estimate of drug-likeness (QED) is 0.794. The maximum Gasteiger partial charge on any atom is 0.185 e. The van der Waals surface area contributed by atoms with E-state index in [1.54, 1.807) is 4.68 Å². The molecule has 0 amide bonds. The minimum atomic E-state index is -0.0512. The molecular weight excluding hydrogens is 264 g/mol. The van der Waals surface area contributed by atoms with E-state index in [4.69, 9.17) is 5.73 Å². The van der Waals surface area contributed by atoms with Crippen LogP contribution in [0.4, 0.5) is 0 Å². The third-order valence-corrected chi connectivity index (χ3v) is 3.55. The molecule has 2 N–H and O–H groups in total. The van der Waals surface area contributed by atoms with Crippen LogP contribution in [0.3, 0.4) is 0 Å². The van der Waals surface area contributed by atoms with Crippen molar-refractivity contribution in [3.8, 4) is 5.69 Å². The van der Waals surface area contributed by atoms with Gasteiger partial charge < -0.3 is 5.73 Å². The van der Waals surface area contributed by atoms with Crippen LogP contribution in [-0.4, -0.2) is 26.8 Å². The number of hydrogen-bond donors (Lipinski definition) is 1. The van der Waals surface area contributed by atoms with Crippen LogP contribution in [0.15, 0.2) is 36.5 Å². The Balaban J connectivity index is 2.08. The summed E-state index contributed by atoms with van der Waals surface area (Å²) in [5.74, 6) is 0.0261. The lowest BCUT2D eigenvalue weighted by Crippen LogP contribution is -2.18. The molecule has 0 bridgehead atoms. The summed E-state index contributed by atoms with van der Waals surface area (Å²) in [6.07, 6.45) is 4.27. The molecule has 0 aliphatic heterocycles. The number of hydrogen-bond acceptors (Lipinski definition) is 4. The van der Waals surface area contributed by atoms with E-state index in [1.165, 1.54) is 6.20 Å². The lowest BCUT2D eigenvalue weighted by molar-refractivity contribution is 0.0914. The average molecular weight is 286 g/mol. The van der Waals surface area contributed by atoms with Crippen LogP contribution in [0.25, 0.3) is 5.69 Å². The van der Waals surface area contributed by atoms with Crippen molar-refractivity contribution in [2.75, 3.05) is 0 Å². The van der Waals surface area contributed by atoms with Gasteiger partial charge in [0.25, 0.3) is 0 Å². The molecule has 0 saturated carbocycles. The number of rotatable bonds is 7. The van der Waals surface area contributed by atoms with Crippen molar-refractivity contribution in [3.63, 3.8) is 0 Å². The van der Waals surface area contributed by atoms with Crippen molar-refractivity contribution in [3.05, 3.63) is 42.2 Å². The third-order valence-electron chi connectivity index (χ3n) is 3.55. The van der Waals surface area contributed by atoms with Crippen molar-refractivity contribution in [2.45, 2.75) is 39.2 Å². The molecule has 5 heteroatoms. The first-order chi connectivity index (χ1) is 10.1. The summed E-state index contributed by atoms with van der Waals surface area (Å²) < 4.78 is 1.60. The van der Waals surface area contributed by atoms with Crippen LogP contribution in [-0.2, 0) is 0 Å². The van der Waals surface area contributed by atoms with Crippen LogP contribution in [0.5, 0.6) is 0 Å². The number of carbonyl (C=O) groups excluding carboxylic acids is 1. The fourth-order valence-corrected chi connectivity index (χ4v) is 2.29. The zero-order chi connectivity index (χ0) is 15.2. The summed E-state index contributed by atoms with van der Waals surface area (Å²) in [4.78, 5) is 12.5. The fraction of sp³-hybridized carbons (Fsp3) is 0.438. The molecule has 21 heavy (non-hydrogen) atoms. The Morgan fingerprint density at radius 2 is 1.95 bits per heavy atom. The number of Topliss-reactive ketones (excluding diaryl/α,β-unsaturated/α-hetero) is 1. The molecule has 2 unspecified atom stereocenters. The van der Waals surface area contributed by atoms with Crippen molar-refractivity contribution < 1.29 is 4.79 Å². The van der Waals surface area contributed by atoms with E-state index in [-0.39, 0.29) is 17.7 Å². The SMILES string of the molecule is CC(N)CCCC(C)C(=O)c1cnnn1-c1ccccc1. The largest absolute Gasteiger partial charge is 0.328 e. The monoisotopic (exact) mass is 286 g/mol. The van der Waals surface area contributed by atoms with Crippen LogP contribution in [0.1, 0.15) is 43.6 Å². The van der Waals surface area contributed by atoms with Gasteiger partial charge in [0.1, 0.15) is 5.69 Å². The van der Waals surface area contributed by atoms with Crippen molar-refractivity contribution in [2.24, 2.45) is 11.7 Å². The molecular formula is C16H22N4O. The predicted octanol–water partition coefficient (Wildman–Crippen LogP) is 2.60. The number of nitrogens with zero attached hydrogens (tertiary/aromatic N) is 3. The molecule has 5 nitrogen and oxygen atoms in total. The summed E-state index contributed by atoms with van der Waals surface area (Å²) in [6, 6.07) is 9.76. The first-order valence-corrected chi connectivity index (χ1v) is 7.35. The van der Waals surface area contributed by atoms with Crippen molar-refractivity contribution in [1.29, 1.82) is 0 Å². The van der Waals surface area contributed by atoms with Crippen molar-refractivity contribution in [1.82, 2.24) is 15.0 Å². The lowest BCUT2D eigenvalue weighted by Gasteiger charge is -2.12. The Kier molecular flexibility index (Phi) is 5.22. The van der Waals surface area contributed by atoms with Crippen LogP contribution in [0.2, 0.25) is 0 Å². The Labute approximate surface area is 125 Å². The second-order valence-corrected chi connectivity index (χ2v) is 5.54. The highest BCUT2D eigenvalue weighted by Crippen LogP contribution is 2.17. The highest BCUT2D eigenvalue weighted by atomic mass is 16.1. The highest BCUT2D eigenvalue weighted by molar-refractivity contribution is 5.96. The molecule has 1 aromatic carbocycles. The molecule has 0 saturated heterocycles. The maximum atomic E-state index is 12.5. The van der Waals surface area contributed by atoms with E-state index >= 15 is 0 Å². The lowest BCUT2D eigenvalue weighted by atomic mass is 9.96. The molecule has 0 aliphatic rings. The highest BCUT2D eigenvalue weighted by Gasteiger charge is 2.20. The Hall–Kier alpha value is -2.01. The first kappa shape index (κ1) is 15.4. The van der Waals surface area contributed by atoms with Gasteiger partial charge in [-0.3, -0.25) is 4.79 Å². The van der Waals surface area contributed by atoms with Gasteiger partial charge >= 0.3 is 0 Å². The van der Waals surface area contributed by atoms with E-state index in [0.717, 1.165) is 24.9 Å². The number of carbonyl (C=O) groups is 1. The van der Waals surface area contributed by atoms with Gasteiger partial charge in [0.15, 0.2) is 5.78 Å². The molecule has 0 radical (unpaired) electrons. The first-order valence-electron chi connectivity index (χ1n) is 7.35. The number of ketones is 1. The van der Waals surface area contributed by atoms with Gasteiger partial charge in [-0.15, -0.1) is 5.10 Å². The van der Waals surface area contributed by atoms with Gasteiger partial charge in [-0.2, -0.15) is 0 Å². The third kappa shape index (κ3) is 3.98. The normalized spacial score (nSPS) is 13.9. The molecule has 0 spiro atoms. The zero-order valence-electron chi connectivity index (χ0n) is 12.6. The number of aromatic nitrogens is 3. The summed E-state index contributed by atoms with van der Waals surface area (Å²) in [7, 11) is 0. The second-order valence-electron chi connectivity index (χ2n) is 5.54. The topological polar surface area (TPSA) is 73.8 Å². The standard InChI is InChI=1S/C16H22N4O/c1-12(7-6-8-13(2)17)16(21)15-11-18-19-20(15)14-9-4-3-5-10-14/h3-5,9-13H,6-8,17H2,1-2H3. The van der Waals surface area contributed by atoms with Crippen LogP contribution in [0, 0.1) is 5.92 Å². The van der Waals surface area contributed by atoms with E-state index in [0.29, 0.717) is 5.69 Å². The zero-order valence-corrected chi connectivity index (χ0v) is 12.6. The summed E-state index contributed by atoms with van der Waals surface area (Å²) in [6.45, 7) is 3.94. The number of nitrogens with two attached hydrogens (primary N) is 1. The molecule has 1 aromatic heterocycles. The van der Waals surface area contributed by atoms with Gasteiger partial charge in [0.05, 0.1) is 11.9 Å². The number of benzene rings is 1. The summed E-state index contributed by atoms with van der Waals surface area (Å²) in [5.41, 5.74) is 7.13. The molecule has 1 heterocycles. The van der Waals surface area contributed by atoms with Crippen LogP contribution < -0.4 is 5.73 Å². The predicted molar refractivity (Wildman–Crippen MR) is 82.4 cm³/mol. The van der Waals surface area contributed by atoms with Crippen LogP contribution >= 0.6 is 0 Å². The second kappa shape index (κ2) is 7.13. The minimum absolute atomic E-state index is 0.0512. The van der Waals surface area contributed by atoms with E-state index in [2.05, 4.69) is 10.3 Å². The Morgan fingerprint density at radius 3 is 2.62 bits per heavy atom. The molecule has 112 valence electrons. The van der Waals surface area contributed by atoms with Gasteiger partial charge in [-0.05, 0) is 31.9 Å². The molecule has 0 aliphatic carbocycles. The van der Waals surface area contributed by atoms with E-state index < -0.39 is 0 Å². The van der Waals surface area contributed by atoms with Gasteiger partial charge in [0.2, 0.25) is 0 Å². The number of para-hydroxylation sites is 1. The van der Waals surface area contributed by atoms with Gasteiger partial charge in [-0.1, -0.05) is 36.8 Å². The van der Waals surface area contributed by atoms with Crippen molar-refractivity contribution >= 4 is 5.78 Å². The Morgan fingerprint density at radius 1 is 1.24 bits per heavy atom.